The van der Waals surface area contributed by atoms with Gasteiger partial charge in [-0.05, 0) is 88.1 Å². The van der Waals surface area contributed by atoms with Gasteiger partial charge in [0.1, 0.15) is 12.6 Å². The van der Waals surface area contributed by atoms with Gasteiger partial charge < -0.3 is 10.2 Å². The number of carbonyl (C=O) groups excluding carboxylic acids is 2. The summed E-state index contributed by atoms with van der Waals surface area (Å²) in [5, 5.41) is 3.35. The van der Waals surface area contributed by atoms with E-state index in [1.807, 2.05) is 53.7 Å². The van der Waals surface area contributed by atoms with Gasteiger partial charge in [-0.25, -0.2) is 8.42 Å². The standard InChI is InChI=1S/C31H38ClN3O4S/c1-7-29(31(37)33-21(2)3)34(19-25-10-8-9-11-28(25)32)30(36)20-35(26-15-14-23(5)24(6)18-26)40(38,39)27-16-12-22(4)13-17-27/h8-18,21,29H,7,19-20H2,1-6H3,(H,33,37)/t29-/m0/s1. The number of rotatable bonds is 11. The number of anilines is 1. The molecule has 0 unspecified atom stereocenters. The van der Waals surface area contributed by atoms with Crippen LogP contribution >= 0.6 is 11.6 Å². The second-order valence-corrected chi connectivity index (χ2v) is 12.6. The van der Waals surface area contributed by atoms with Crippen LogP contribution in [0.2, 0.25) is 5.02 Å². The molecule has 0 radical (unpaired) electrons. The summed E-state index contributed by atoms with van der Waals surface area (Å²) >= 11 is 6.44. The Hall–Kier alpha value is -3.36. The molecule has 3 rings (SSSR count). The van der Waals surface area contributed by atoms with Gasteiger partial charge >= 0.3 is 0 Å². The zero-order valence-electron chi connectivity index (χ0n) is 23.9. The Labute approximate surface area is 243 Å². The average molecular weight is 584 g/mol. The number of benzene rings is 3. The smallest absolute Gasteiger partial charge is 0.264 e. The second kappa shape index (κ2) is 13.3. The van der Waals surface area contributed by atoms with E-state index in [0.717, 1.165) is 21.0 Å². The van der Waals surface area contributed by atoms with Crippen molar-refractivity contribution in [3.05, 3.63) is 94.0 Å². The molecule has 0 spiro atoms. The molecular weight excluding hydrogens is 546 g/mol. The van der Waals surface area contributed by atoms with Gasteiger partial charge in [-0.1, -0.05) is 60.5 Å². The summed E-state index contributed by atoms with van der Waals surface area (Å²) in [6, 6.07) is 18.0. The fourth-order valence-corrected chi connectivity index (χ4v) is 5.96. The van der Waals surface area contributed by atoms with E-state index in [4.69, 9.17) is 11.6 Å². The van der Waals surface area contributed by atoms with Crippen molar-refractivity contribution in [3.63, 3.8) is 0 Å². The minimum atomic E-state index is -4.12. The third-order valence-electron chi connectivity index (χ3n) is 6.78. The van der Waals surface area contributed by atoms with Crippen LogP contribution in [0.15, 0.2) is 71.6 Å². The summed E-state index contributed by atoms with van der Waals surface area (Å²) in [5.41, 5.74) is 3.84. The van der Waals surface area contributed by atoms with E-state index in [9.17, 15) is 18.0 Å². The fraction of sp³-hybridized carbons (Fsp3) is 0.355. The monoisotopic (exact) mass is 583 g/mol. The number of hydrogen-bond donors (Lipinski definition) is 1. The molecule has 214 valence electrons. The first-order valence-electron chi connectivity index (χ1n) is 13.3. The van der Waals surface area contributed by atoms with Crippen LogP contribution < -0.4 is 9.62 Å². The maximum Gasteiger partial charge on any atom is 0.264 e. The molecule has 1 atom stereocenters. The van der Waals surface area contributed by atoms with Crippen LogP contribution in [-0.4, -0.2) is 43.8 Å². The molecular formula is C31H38ClN3O4S. The Morgan fingerprint density at radius 2 is 1.57 bits per heavy atom. The number of nitrogens with zero attached hydrogens (tertiary/aromatic N) is 2. The van der Waals surface area contributed by atoms with Crippen molar-refractivity contribution in [3.8, 4) is 0 Å². The normalized spacial score (nSPS) is 12.2. The first-order chi connectivity index (χ1) is 18.8. The summed E-state index contributed by atoms with van der Waals surface area (Å²) in [4.78, 5) is 28.8. The minimum absolute atomic E-state index is 0.0495. The number of amides is 2. The highest BCUT2D eigenvalue weighted by molar-refractivity contribution is 7.92. The van der Waals surface area contributed by atoms with Gasteiger partial charge in [0.2, 0.25) is 11.8 Å². The van der Waals surface area contributed by atoms with Crippen molar-refractivity contribution < 1.29 is 18.0 Å². The molecule has 0 saturated carbocycles. The van der Waals surface area contributed by atoms with Crippen molar-refractivity contribution in [1.29, 1.82) is 0 Å². The third kappa shape index (κ3) is 7.43. The molecule has 0 aromatic heterocycles. The molecule has 0 fully saturated rings. The number of nitrogens with one attached hydrogen (secondary N) is 1. The Bertz CT molecular complexity index is 1460. The quantitative estimate of drug-likeness (QED) is 0.309. The van der Waals surface area contributed by atoms with Crippen LogP contribution in [0.1, 0.15) is 49.4 Å². The van der Waals surface area contributed by atoms with Gasteiger partial charge in [0, 0.05) is 17.6 Å². The predicted octanol–water partition coefficient (Wildman–Crippen LogP) is 5.79. The highest BCUT2D eigenvalue weighted by Gasteiger charge is 2.34. The Balaban J connectivity index is 2.10. The van der Waals surface area contributed by atoms with E-state index in [1.165, 1.54) is 17.0 Å². The van der Waals surface area contributed by atoms with Crippen LogP contribution in [0, 0.1) is 20.8 Å². The number of sulfonamides is 1. The Kier molecular flexibility index (Phi) is 10.4. The lowest BCUT2D eigenvalue weighted by atomic mass is 10.1. The van der Waals surface area contributed by atoms with E-state index >= 15 is 0 Å². The number of hydrogen-bond acceptors (Lipinski definition) is 4. The molecule has 0 aliphatic carbocycles. The predicted molar refractivity (Wildman–Crippen MR) is 161 cm³/mol. The van der Waals surface area contributed by atoms with Gasteiger partial charge in [0.15, 0.2) is 0 Å². The molecule has 3 aromatic rings. The first kappa shape index (κ1) is 31.2. The molecule has 9 heteroatoms. The number of carbonyl (C=O) groups is 2. The van der Waals surface area contributed by atoms with Crippen molar-refractivity contribution >= 4 is 39.1 Å². The van der Waals surface area contributed by atoms with E-state index < -0.39 is 28.5 Å². The van der Waals surface area contributed by atoms with Gasteiger partial charge in [0.05, 0.1) is 10.6 Å². The molecule has 0 bridgehead atoms. The first-order valence-corrected chi connectivity index (χ1v) is 15.2. The molecule has 3 aromatic carbocycles. The van der Waals surface area contributed by atoms with Crippen LogP contribution in [0.4, 0.5) is 5.69 Å². The van der Waals surface area contributed by atoms with Gasteiger partial charge in [-0.3, -0.25) is 13.9 Å². The summed E-state index contributed by atoms with van der Waals surface area (Å²) in [6.45, 7) is 10.8. The Morgan fingerprint density at radius 1 is 0.925 bits per heavy atom. The molecule has 40 heavy (non-hydrogen) atoms. The summed E-state index contributed by atoms with van der Waals surface area (Å²) < 4.78 is 29.1. The lowest BCUT2D eigenvalue weighted by molar-refractivity contribution is -0.140. The third-order valence-corrected chi connectivity index (χ3v) is 8.94. The molecule has 7 nitrogen and oxygen atoms in total. The van der Waals surface area contributed by atoms with E-state index in [2.05, 4.69) is 5.32 Å². The van der Waals surface area contributed by atoms with Crippen molar-refractivity contribution in [2.75, 3.05) is 10.8 Å². The van der Waals surface area contributed by atoms with Crippen LogP contribution in [0.3, 0.4) is 0 Å². The second-order valence-electron chi connectivity index (χ2n) is 10.3. The van der Waals surface area contributed by atoms with E-state index in [-0.39, 0.29) is 23.4 Å². The SMILES string of the molecule is CC[C@@H](C(=O)NC(C)C)N(Cc1ccccc1Cl)C(=O)CN(c1ccc(C)c(C)c1)S(=O)(=O)c1ccc(C)cc1. The summed E-state index contributed by atoms with van der Waals surface area (Å²) in [7, 11) is -4.12. The van der Waals surface area contributed by atoms with Gasteiger partial charge in [-0.2, -0.15) is 0 Å². The van der Waals surface area contributed by atoms with Crippen LogP contribution in [-0.2, 0) is 26.2 Å². The van der Waals surface area contributed by atoms with Gasteiger partial charge in [0.25, 0.3) is 10.0 Å². The molecule has 0 heterocycles. The lowest BCUT2D eigenvalue weighted by Crippen LogP contribution is -2.53. The van der Waals surface area contributed by atoms with Crippen molar-refractivity contribution in [1.82, 2.24) is 10.2 Å². The number of halogens is 1. The molecule has 1 N–H and O–H groups in total. The van der Waals surface area contributed by atoms with Crippen LogP contribution in [0.5, 0.6) is 0 Å². The highest BCUT2D eigenvalue weighted by Crippen LogP contribution is 2.27. The lowest BCUT2D eigenvalue weighted by Gasteiger charge is -2.34. The maximum absolute atomic E-state index is 14.1. The highest BCUT2D eigenvalue weighted by atomic mass is 35.5. The topological polar surface area (TPSA) is 86.8 Å². The van der Waals surface area contributed by atoms with Crippen molar-refractivity contribution in [2.45, 2.75) is 71.5 Å². The fourth-order valence-electron chi connectivity index (χ4n) is 4.36. The zero-order chi connectivity index (χ0) is 29.6. The maximum atomic E-state index is 14.1. The summed E-state index contributed by atoms with van der Waals surface area (Å²) in [5.74, 6) is -0.823. The molecule has 0 aliphatic rings. The molecule has 0 aliphatic heterocycles. The van der Waals surface area contributed by atoms with E-state index in [1.54, 1.807) is 42.5 Å². The molecule has 2 amide bonds. The largest absolute Gasteiger partial charge is 0.352 e. The van der Waals surface area contributed by atoms with Crippen molar-refractivity contribution in [2.24, 2.45) is 0 Å². The summed E-state index contributed by atoms with van der Waals surface area (Å²) in [6.07, 6.45) is 0.336. The minimum Gasteiger partial charge on any atom is -0.352 e. The van der Waals surface area contributed by atoms with E-state index in [0.29, 0.717) is 22.7 Å². The Morgan fingerprint density at radius 3 is 2.15 bits per heavy atom. The van der Waals surface area contributed by atoms with Gasteiger partial charge in [-0.15, -0.1) is 0 Å². The molecule has 0 saturated heterocycles. The zero-order valence-corrected chi connectivity index (χ0v) is 25.5. The average Bonchev–Trinajstić information content (AvgIpc) is 2.89. The number of aryl methyl sites for hydroxylation is 3. The van der Waals surface area contributed by atoms with Crippen LogP contribution in [0.25, 0.3) is 0 Å².